The normalized spacial score (nSPS) is 8.00. The van der Waals surface area contributed by atoms with Crippen molar-refractivity contribution in [1.82, 2.24) is 0 Å². The van der Waals surface area contributed by atoms with E-state index in [0.717, 1.165) is 12.8 Å². The number of hydrogen-bond acceptors (Lipinski definition) is 2. The first-order valence-electron chi connectivity index (χ1n) is 4.40. The molecule has 0 aliphatic carbocycles. The van der Waals surface area contributed by atoms with E-state index >= 15 is 0 Å². The van der Waals surface area contributed by atoms with E-state index in [9.17, 15) is 4.79 Å². The van der Waals surface area contributed by atoms with Gasteiger partial charge in [0.25, 0.3) is 0 Å². The van der Waals surface area contributed by atoms with Crippen molar-refractivity contribution in [2.75, 3.05) is 6.61 Å². The van der Waals surface area contributed by atoms with Gasteiger partial charge in [-0.1, -0.05) is 33.6 Å². The molecule has 0 saturated carbocycles. The summed E-state index contributed by atoms with van der Waals surface area (Å²) in [7, 11) is 0. The van der Waals surface area contributed by atoms with Crippen molar-refractivity contribution in [2.24, 2.45) is 0 Å². The molecule has 2 heteroatoms. The van der Waals surface area contributed by atoms with Crippen LogP contribution in [0.5, 0.6) is 0 Å². The molecule has 68 valence electrons. The highest BCUT2D eigenvalue weighted by molar-refractivity contribution is 5.65. The number of rotatable bonds is 4. The van der Waals surface area contributed by atoms with Gasteiger partial charge in [0, 0.05) is 6.92 Å². The van der Waals surface area contributed by atoms with Gasteiger partial charge in [-0.3, -0.25) is 4.79 Å². The largest absolute Gasteiger partial charge is 0.466 e. The van der Waals surface area contributed by atoms with E-state index in [-0.39, 0.29) is 5.97 Å². The molecule has 2 nitrogen and oxygen atoms in total. The summed E-state index contributed by atoms with van der Waals surface area (Å²) >= 11 is 0. The van der Waals surface area contributed by atoms with Crippen molar-refractivity contribution >= 4 is 5.97 Å². The van der Waals surface area contributed by atoms with Crippen LogP contribution in [-0.4, -0.2) is 12.6 Å². The lowest BCUT2D eigenvalue weighted by Gasteiger charge is -1.98. The zero-order valence-corrected chi connectivity index (χ0v) is 8.14. The van der Waals surface area contributed by atoms with Crippen LogP contribution in [0.25, 0.3) is 0 Å². The van der Waals surface area contributed by atoms with E-state index in [4.69, 9.17) is 4.74 Å². The zero-order valence-electron chi connectivity index (χ0n) is 8.14. The molecule has 0 bridgehead atoms. The predicted molar refractivity (Wildman–Crippen MR) is 47.5 cm³/mol. The predicted octanol–water partition coefficient (Wildman–Crippen LogP) is 2.77. The van der Waals surface area contributed by atoms with Crippen molar-refractivity contribution in [3.8, 4) is 0 Å². The molecule has 0 aromatic carbocycles. The fourth-order valence-corrected chi connectivity index (χ4v) is 0.568. The Kier molecular flexibility index (Phi) is 14.5. The van der Waals surface area contributed by atoms with Gasteiger partial charge in [-0.25, -0.2) is 0 Å². The van der Waals surface area contributed by atoms with E-state index in [0.29, 0.717) is 6.61 Å². The van der Waals surface area contributed by atoms with Crippen LogP contribution in [0.3, 0.4) is 0 Å². The Hall–Kier alpha value is -0.530. The summed E-state index contributed by atoms with van der Waals surface area (Å²) in [5, 5.41) is 0. The molecular formula is C9H20O2. The van der Waals surface area contributed by atoms with Crippen LogP contribution in [0.15, 0.2) is 0 Å². The SMILES string of the molecule is CC.CCCCCOC(C)=O. The van der Waals surface area contributed by atoms with Gasteiger partial charge < -0.3 is 4.74 Å². The number of ether oxygens (including phenoxy) is 1. The van der Waals surface area contributed by atoms with E-state index in [1.54, 1.807) is 0 Å². The minimum absolute atomic E-state index is 0.175. The lowest BCUT2D eigenvalue weighted by atomic mass is 10.3. The maximum Gasteiger partial charge on any atom is 0.302 e. The standard InChI is InChI=1S/C7H14O2.C2H6/c1-3-4-5-6-9-7(2)8;1-2/h3-6H2,1-2H3;1-2H3. The fourth-order valence-electron chi connectivity index (χ4n) is 0.568. The van der Waals surface area contributed by atoms with Crippen LogP contribution < -0.4 is 0 Å². The first-order chi connectivity index (χ1) is 5.27. The second-order valence-corrected chi connectivity index (χ2v) is 2.05. The maximum absolute atomic E-state index is 10.2. The number of carbonyl (C=O) groups is 1. The molecule has 0 rings (SSSR count). The monoisotopic (exact) mass is 160 g/mol. The van der Waals surface area contributed by atoms with Crippen LogP contribution in [0.1, 0.15) is 47.0 Å². The van der Waals surface area contributed by atoms with E-state index < -0.39 is 0 Å². The number of unbranched alkanes of at least 4 members (excludes halogenated alkanes) is 2. The topological polar surface area (TPSA) is 26.3 Å². The van der Waals surface area contributed by atoms with Crippen LogP contribution in [0.2, 0.25) is 0 Å². The number of hydrogen-bond donors (Lipinski definition) is 0. The molecule has 0 aliphatic heterocycles. The minimum Gasteiger partial charge on any atom is -0.466 e. The Morgan fingerprint density at radius 3 is 2.18 bits per heavy atom. The summed E-state index contributed by atoms with van der Waals surface area (Å²) in [5.41, 5.74) is 0. The summed E-state index contributed by atoms with van der Waals surface area (Å²) in [6.07, 6.45) is 3.31. The van der Waals surface area contributed by atoms with Gasteiger partial charge in [-0.2, -0.15) is 0 Å². The highest BCUT2D eigenvalue weighted by Crippen LogP contribution is 1.93. The molecule has 0 radical (unpaired) electrons. The molecule has 0 amide bonds. The number of carbonyl (C=O) groups excluding carboxylic acids is 1. The summed E-state index contributed by atoms with van der Waals surface area (Å²) in [5.74, 6) is -0.175. The molecule has 0 aromatic heterocycles. The minimum atomic E-state index is -0.175. The van der Waals surface area contributed by atoms with Crippen molar-refractivity contribution in [2.45, 2.75) is 47.0 Å². The summed E-state index contributed by atoms with van der Waals surface area (Å²) in [6, 6.07) is 0. The molecular weight excluding hydrogens is 140 g/mol. The Morgan fingerprint density at radius 1 is 1.27 bits per heavy atom. The van der Waals surface area contributed by atoms with Crippen LogP contribution >= 0.6 is 0 Å². The molecule has 0 heterocycles. The van der Waals surface area contributed by atoms with E-state index in [1.807, 2.05) is 13.8 Å². The average Bonchev–Trinajstić information content (AvgIpc) is 2.02. The van der Waals surface area contributed by atoms with Gasteiger partial charge in [0.1, 0.15) is 0 Å². The first-order valence-corrected chi connectivity index (χ1v) is 4.40. The van der Waals surface area contributed by atoms with Crippen LogP contribution in [-0.2, 0) is 9.53 Å². The molecule has 0 unspecified atom stereocenters. The zero-order chi connectivity index (χ0) is 9.11. The van der Waals surface area contributed by atoms with Crippen molar-refractivity contribution in [1.29, 1.82) is 0 Å². The smallest absolute Gasteiger partial charge is 0.302 e. The van der Waals surface area contributed by atoms with Crippen LogP contribution in [0, 0.1) is 0 Å². The third-order valence-electron chi connectivity index (χ3n) is 1.05. The summed E-state index contributed by atoms with van der Waals surface area (Å²) < 4.78 is 4.70. The Morgan fingerprint density at radius 2 is 1.82 bits per heavy atom. The van der Waals surface area contributed by atoms with Gasteiger partial charge in [0.15, 0.2) is 0 Å². The molecule has 0 fully saturated rings. The quantitative estimate of drug-likeness (QED) is 0.467. The van der Waals surface area contributed by atoms with E-state index in [1.165, 1.54) is 13.3 Å². The second kappa shape index (κ2) is 12.2. The van der Waals surface area contributed by atoms with Gasteiger partial charge in [0.05, 0.1) is 6.61 Å². The van der Waals surface area contributed by atoms with Gasteiger partial charge >= 0.3 is 5.97 Å². The molecule has 0 aliphatic rings. The molecule has 0 spiro atoms. The number of esters is 1. The second-order valence-electron chi connectivity index (χ2n) is 2.05. The van der Waals surface area contributed by atoms with Crippen molar-refractivity contribution in [3.63, 3.8) is 0 Å². The van der Waals surface area contributed by atoms with E-state index in [2.05, 4.69) is 6.92 Å². The Bertz CT molecular complexity index is 79.6. The highest BCUT2D eigenvalue weighted by Gasteiger charge is 1.89. The molecule has 0 N–H and O–H groups in total. The first kappa shape index (κ1) is 13.1. The van der Waals surface area contributed by atoms with Crippen molar-refractivity contribution in [3.05, 3.63) is 0 Å². The van der Waals surface area contributed by atoms with Crippen molar-refractivity contribution < 1.29 is 9.53 Å². The molecule has 0 aromatic rings. The maximum atomic E-state index is 10.2. The average molecular weight is 160 g/mol. The lowest BCUT2D eigenvalue weighted by molar-refractivity contribution is -0.141. The van der Waals surface area contributed by atoms with Crippen LogP contribution in [0.4, 0.5) is 0 Å². The highest BCUT2D eigenvalue weighted by atomic mass is 16.5. The third-order valence-corrected chi connectivity index (χ3v) is 1.05. The fraction of sp³-hybridized carbons (Fsp3) is 0.889. The Balaban J connectivity index is 0. The summed E-state index contributed by atoms with van der Waals surface area (Å²) in [6.45, 7) is 8.14. The molecule has 0 saturated heterocycles. The third kappa shape index (κ3) is 17.7. The van der Waals surface area contributed by atoms with Gasteiger partial charge in [-0.05, 0) is 6.42 Å². The Labute approximate surface area is 69.9 Å². The van der Waals surface area contributed by atoms with Gasteiger partial charge in [-0.15, -0.1) is 0 Å². The molecule has 11 heavy (non-hydrogen) atoms. The lowest BCUT2D eigenvalue weighted by Crippen LogP contribution is -1.99. The molecule has 0 atom stereocenters. The van der Waals surface area contributed by atoms with Gasteiger partial charge in [0.2, 0.25) is 0 Å². The summed E-state index contributed by atoms with van der Waals surface area (Å²) in [4.78, 5) is 10.2.